The lowest BCUT2D eigenvalue weighted by Crippen LogP contribution is -2.33. The molecule has 1 heterocycles. The van der Waals surface area contributed by atoms with E-state index in [0.717, 1.165) is 31.9 Å². The van der Waals surface area contributed by atoms with Crippen LogP contribution in [-0.4, -0.2) is 35.0 Å². The van der Waals surface area contributed by atoms with Crippen LogP contribution >= 0.6 is 0 Å². The number of rotatable bonds is 7. The zero-order chi connectivity index (χ0) is 12.7. The maximum absolute atomic E-state index is 12.0. The number of amides is 1. The van der Waals surface area contributed by atoms with E-state index in [-0.39, 0.29) is 5.91 Å². The van der Waals surface area contributed by atoms with Crippen LogP contribution in [0.25, 0.3) is 0 Å². The Labute approximate surface area is 104 Å². The molecule has 0 atom stereocenters. The number of likely N-dealkylation sites (N-methyl/N-ethyl adjacent to an activating group) is 1. The second kappa shape index (κ2) is 7.12. The van der Waals surface area contributed by atoms with Gasteiger partial charge in [-0.15, -0.1) is 0 Å². The number of hydrogen-bond donors (Lipinski definition) is 1. The first-order valence-electron chi connectivity index (χ1n) is 6.35. The molecule has 0 radical (unpaired) electrons. The average molecular weight is 237 g/mol. The molecule has 0 aliphatic heterocycles. The summed E-state index contributed by atoms with van der Waals surface area (Å²) < 4.78 is 2.02. The van der Waals surface area contributed by atoms with Gasteiger partial charge in [-0.05, 0) is 32.5 Å². The van der Waals surface area contributed by atoms with Gasteiger partial charge in [0.1, 0.15) is 6.54 Å². The van der Waals surface area contributed by atoms with Gasteiger partial charge < -0.3 is 14.8 Å². The van der Waals surface area contributed by atoms with Crippen LogP contribution in [0.3, 0.4) is 0 Å². The summed E-state index contributed by atoms with van der Waals surface area (Å²) in [5.41, 5.74) is 1.16. The Bertz CT molecular complexity index is 342. The predicted molar refractivity (Wildman–Crippen MR) is 69.7 cm³/mol. The molecular weight excluding hydrogens is 214 g/mol. The van der Waals surface area contributed by atoms with E-state index in [0.29, 0.717) is 6.54 Å². The van der Waals surface area contributed by atoms with Gasteiger partial charge in [0.15, 0.2) is 0 Å². The van der Waals surface area contributed by atoms with Crippen LogP contribution < -0.4 is 5.32 Å². The third kappa shape index (κ3) is 3.89. The van der Waals surface area contributed by atoms with Crippen LogP contribution in [0.4, 0.5) is 0 Å². The number of carbonyl (C=O) groups is 1. The van der Waals surface area contributed by atoms with Crippen molar-refractivity contribution in [2.75, 3.05) is 19.6 Å². The molecule has 1 N–H and O–H groups in total. The minimum absolute atomic E-state index is 0.184. The zero-order valence-electron chi connectivity index (χ0n) is 11.1. The molecule has 0 aliphatic carbocycles. The fourth-order valence-corrected chi connectivity index (χ4v) is 1.84. The minimum Gasteiger partial charge on any atom is -0.342 e. The molecule has 0 spiro atoms. The Balaban J connectivity index is 2.61. The summed E-state index contributed by atoms with van der Waals surface area (Å²) in [5, 5.41) is 3.28. The number of nitrogens with one attached hydrogen (secondary N) is 1. The summed E-state index contributed by atoms with van der Waals surface area (Å²) >= 11 is 0. The molecule has 1 aromatic rings. The Morgan fingerprint density at radius 1 is 1.35 bits per heavy atom. The summed E-state index contributed by atoms with van der Waals surface area (Å²) in [4.78, 5) is 13.8. The molecule has 0 bridgehead atoms. The van der Waals surface area contributed by atoms with Crippen LogP contribution in [0.1, 0.15) is 26.5 Å². The highest BCUT2D eigenvalue weighted by atomic mass is 16.2. The van der Waals surface area contributed by atoms with E-state index >= 15 is 0 Å². The van der Waals surface area contributed by atoms with Gasteiger partial charge in [0.2, 0.25) is 5.91 Å². The lowest BCUT2D eigenvalue weighted by atomic mass is 10.4. The molecule has 96 valence electrons. The van der Waals surface area contributed by atoms with E-state index in [1.54, 1.807) is 0 Å². The van der Waals surface area contributed by atoms with Crippen LogP contribution in [0.2, 0.25) is 0 Å². The van der Waals surface area contributed by atoms with Crippen molar-refractivity contribution in [3.63, 3.8) is 0 Å². The summed E-state index contributed by atoms with van der Waals surface area (Å²) in [6.07, 6.45) is 1.97. The van der Waals surface area contributed by atoms with Crippen molar-refractivity contribution in [3.05, 3.63) is 24.0 Å². The molecule has 4 heteroatoms. The normalized spacial score (nSPS) is 10.5. The fraction of sp³-hybridized carbons (Fsp3) is 0.615. The maximum Gasteiger partial charge on any atom is 0.242 e. The number of aromatic nitrogens is 1. The lowest BCUT2D eigenvalue weighted by molar-refractivity contribution is -0.131. The molecule has 0 saturated carbocycles. The van der Waals surface area contributed by atoms with Crippen molar-refractivity contribution < 1.29 is 4.79 Å². The first kappa shape index (κ1) is 13.8. The van der Waals surface area contributed by atoms with Crippen molar-refractivity contribution in [2.24, 2.45) is 0 Å². The molecule has 0 aliphatic rings. The Morgan fingerprint density at radius 3 is 2.65 bits per heavy atom. The highest BCUT2D eigenvalue weighted by molar-refractivity contribution is 5.76. The standard InChI is InChI=1S/C13H23N3O/c1-4-14-10-12-8-7-9-16(12)11-13(17)15(5-2)6-3/h7-9,14H,4-6,10-11H2,1-3H3. The molecule has 0 aromatic carbocycles. The van der Waals surface area contributed by atoms with Gasteiger partial charge >= 0.3 is 0 Å². The van der Waals surface area contributed by atoms with Gasteiger partial charge in [0.05, 0.1) is 0 Å². The second-order valence-electron chi connectivity index (χ2n) is 3.97. The van der Waals surface area contributed by atoms with E-state index in [1.165, 1.54) is 0 Å². The first-order chi connectivity index (χ1) is 8.22. The summed E-state index contributed by atoms with van der Waals surface area (Å²) in [7, 11) is 0. The van der Waals surface area contributed by atoms with E-state index in [9.17, 15) is 4.79 Å². The van der Waals surface area contributed by atoms with Gasteiger partial charge in [-0.3, -0.25) is 4.79 Å². The van der Waals surface area contributed by atoms with E-state index in [2.05, 4.69) is 18.3 Å². The van der Waals surface area contributed by atoms with Gasteiger partial charge in [-0.25, -0.2) is 0 Å². The zero-order valence-corrected chi connectivity index (χ0v) is 11.1. The van der Waals surface area contributed by atoms with E-state index < -0.39 is 0 Å². The summed E-state index contributed by atoms with van der Waals surface area (Å²) in [5.74, 6) is 0.184. The molecule has 1 aromatic heterocycles. The number of carbonyl (C=O) groups excluding carboxylic acids is 1. The first-order valence-corrected chi connectivity index (χ1v) is 6.35. The van der Waals surface area contributed by atoms with Gasteiger partial charge in [-0.1, -0.05) is 6.92 Å². The van der Waals surface area contributed by atoms with Crippen LogP contribution in [0.5, 0.6) is 0 Å². The number of nitrogens with zero attached hydrogens (tertiary/aromatic N) is 2. The van der Waals surface area contributed by atoms with Gasteiger partial charge in [-0.2, -0.15) is 0 Å². The lowest BCUT2D eigenvalue weighted by Gasteiger charge is -2.19. The Hall–Kier alpha value is -1.29. The monoisotopic (exact) mass is 237 g/mol. The van der Waals surface area contributed by atoms with Crippen LogP contribution in [0, 0.1) is 0 Å². The van der Waals surface area contributed by atoms with Crippen LogP contribution in [-0.2, 0) is 17.9 Å². The molecule has 1 rings (SSSR count). The van der Waals surface area contributed by atoms with Crippen LogP contribution in [0.15, 0.2) is 18.3 Å². The maximum atomic E-state index is 12.0. The van der Waals surface area contributed by atoms with Crippen molar-refractivity contribution >= 4 is 5.91 Å². The fourth-order valence-electron chi connectivity index (χ4n) is 1.84. The SMILES string of the molecule is CCNCc1cccn1CC(=O)N(CC)CC. The van der Waals surface area contributed by atoms with Gasteiger partial charge in [0, 0.05) is 31.5 Å². The molecule has 0 fully saturated rings. The predicted octanol–water partition coefficient (Wildman–Crippen LogP) is 1.47. The quantitative estimate of drug-likeness (QED) is 0.779. The van der Waals surface area contributed by atoms with Crippen molar-refractivity contribution in [1.82, 2.24) is 14.8 Å². The van der Waals surface area contributed by atoms with E-state index in [4.69, 9.17) is 0 Å². The van der Waals surface area contributed by atoms with Crippen molar-refractivity contribution in [3.8, 4) is 0 Å². The molecule has 0 unspecified atom stereocenters. The average Bonchev–Trinajstić information content (AvgIpc) is 2.75. The second-order valence-corrected chi connectivity index (χ2v) is 3.97. The minimum atomic E-state index is 0.184. The third-order valence-electron chi connectivity index (χ3n) is 2.90. The Morgan fingerprint density at radius 2 is 2.06 bits per heavy atom. The highest BCUT2D eigenvalue weighted by Crippen LogP contribution is 2.03. The molecule has 0 saturated heterocycles. The molecular formula is C13H23N3O. The van der Waals surface area contributed by atoms with Crippen molar-refractivity contribution in [2.45, 2.75) is 33.9 Å². The third-order valence-corrected chi connectivity index (χ3v) is 2.90. The van der Waals surface area contributed by atoms with E-state index in [1.807, 2.05) is 35.6 Å². The molecule has 1 amide bonds. The largest absolute Gasteiger partial charge is 0.342 e. The Kier molecular flexibility index (Phi) is 5.77. The molecule has 4 nitrogen and oxygen atoms in total. The highest BCUT2D eigenvalue weighted by Gasteiger charge is 2.11. The summed E-state index contributed by atoms with van der Waals surface area (Å²) in [6.45, 7) is 9.85. The molecule has 17 heavy (non-hydrogen) atoms. The topological polar surface area (TPSA) is 37.3 Å². The van der Waals surface area contributed by atoms with Crippen molar-refractivity contribution in [1.29, 1.82) is 0 Å². The number of hydrogen-bond acceptors (Lipinski definition) is 2. The van der Waals surface area contributed by atoms with Gasteiger partial charge in [0.25, 0.3) is 0 Å². The summed E-state index contributed by atoms with van der Waals surface area (Å²) in [6, 6.07) is 4.04. The smallest absolute Gasteiger partial charge is 0.242 e.